The molecule has 0 aliphatic heterocycles. The van der Waals surface area contributed by atoms with Crippen molar-refractivity contribution in [3.63, 3.8) is 0 Å². The Morgan fingerprint density at radius 1 is 1.05 bits per heavy atom. The molecular weight excluding hydrogens is 262 g/mol. The van der Waals surface area contributed by atoms with Crippen molar-refractivity contribution in [2.75, 3.05) is 6.54 Å². The van der Waals surface area contributed by atoms with Crippen molar-refractivity contribution >= 4 is 5.91 Å². The average Bonchev–Trinajstić information content (AvgIpc) is 2.53. The van der Waals surface area contributed by atoms with Gasteiger partial charge in [0, 0.05) is 24.4 Å². The molecule has 3 nitrogen and oxygen atoms in total. The minimum absolute atomic E-state index is 0.192. The number of nitrogens with one attached hydrogen (secondary N) is 1. The van der Waals surface area contributed by atoms with Gasteiger partial charge >= 0.3 is 0 Å². The van der Waals surface area contributed by atoms with Gasteiger partial charge in [-0.15, -0.1) is 0 Å². The fraction of sp³-hybridized carbons (Fsp3) is 0.167. The number of amides is 1. The Labute approximate surface area is 124 Å². The number of aliphatic hydroxyl groups is 1. The van der Waals surface area contributed by atoms with Gasteiger partial charge in [-0.05, 0) is 17.7 Å². The Hall–Kier alpha value is -2.57. The van der Waals surface area contributed by atoms with E-state index in [9.17, 15) is 9.90 Å². The molecule has 0 bridgehead atoms. The Morgan fingerprint density at radius 3 is 2.33 bits per heavy atom. The highest BCUT2D eigenvalue weighted by Gasteiger charge is 2.06. The highest BCUT2D eigenvalue weighted by atomic mass is 16.3. The molecule has 2 rings (SSSR count). The van der Waals surface area contributed by atoms with E-state index in [0.717, 1.165) is 11.1 Å². The molecule has 0 saturated carbocycles. The van der Waals surface area contributed by atoms with Crippen LogP contribution in [-0.2, 0) is 11.2 Å². The van der Waals surface area contributed by atoms with Crippen LogP contribution in [0.2, 0.25) is 0 Å². The number of carbonyl (C=O) groups excluding carboxylic acids is 1. The molecule has 1 unspecified atom stereocenters. The first kappa shape index (κ1) is 14.8. The smallest absolute Gasteiger partial charge is 0.296 e. The van der Waals surface area contributed by atoms with E-state index in [0.29, 0.717) is 6.42 Å². The maximum atomic E-state index is 11.6. The van der Waals surface area contributed by atoms with Crippen LogP contribution in [0.3, 0.4) is 0 Å². The van der Waals surface area contributed by atoms with Crippen LogP contribution in [0.1, 0.15) is 11.1 Å². The highest BCUT2D eigenvalue weighted by Crippen LogP contribution is 2.02. The van der Waals surface area contributed by atoms with Gasteiger partial charge in [-0.25, -0.2) is 0 Å². The molecule has 2 aromatic carbocycles. The molecule has 0 aliphatic rings. The van der Waals surface area contributed by atoms with Crippen molar-refractivity contribution in [1.82, 2.24) is 5.32 Å². The zero-order chi connectivity index (χ0) is 14.9. The number of carbonyl (C=O) groups is 1. The number of aliphatic hydroxyl groups excluding tert-OH is 1. The summed E-state index contributed by atoms with van der Waals surface area (Å²) in [6.45, 7) is 0.192. The molecule has 0 aliphatic carbocycles. The maximum absolute atomic E-state index is 11.6. The fourth-order valence-corrected chi connectivity index (χ4v) is 1.86. The maximum Gasteiger partial charge on any atom is 0.296 e. The van der Waals surface area contributed by atoms with Gasteiger partial charge in [-0.2, -0.15) is 0 Å². The molecule has 0 aromatic heterocycles. The second-order valence-electron chi connectivity index (χ2n) is 4.67. The normalized spacial score (nSPS) is 11.1. The Morgan fingerprint density at radius 2 is 1.67 bits per heavy atom. The van der Waals surface area contributed by atoms with Crippen LogP contribution >= 0.6 is 0 Å². The van der Waals surface area contributed by atoms with E-state index in [1.807, 2.05) is 60.7 Å². The largest absolute Gasteiger partial charge is 0.391 e. The van der Waals surface area contributed by atoms with Crippen LogP contribution in [0, 0.1) is 11.8 Å². The SMILES string of the molecule is O=C(C#Cc1ccccc1)NCC(O)Cc1ccccc1. The van der Waals surface area contributed by atoms with E-state index in [1.54, 1.807) is 0 Å². The van der Waals surface area contributed by atoms with E-state index < -0.39 is 6.10 Å². The van der Waals surface area contributed by atoms with Crippen molar-refractivity contribution in [2.24, 2.45) is 0 Å². The number of hydrogen-bond acceptors (Lipinski definition) is 2. The lowest BCUT2D eigenvalue weighted by Crippen LogP contribution is -2.32. The number of rotatable bonds is 4. The van der Waals surface area contributed by atoms with Gasteiger partial charge in [0.15, 0.2) is 0 Å². The van der Waals surface area contributed by atoms with E-state index >= 15 is 0 Å². The Balaban J connectivity index is 1.78. The topological polar surface area (TPSA) is 49.3 Å². The minimum Gasteiger partial charge on any atom is -0.391 e. The summed E-state index contributed by atoms with van der Waals surface area (Å²) < 4.78 is 0. The third-order valence-corrected chi connectivity index (χ3v) is 2.91. The molecule has 2 aromatic rings. The monoisotopic (exact) mass is 279 g/mol. The molecule has 106 valence electrons. The second-order valence-corrected chi connectivity index (χ2v) is 4.67. The lowest BCUT2D eigenvalue weighted by Gasteiger charge is -2.10. The first-order chi connectivity index (χ1) is 10.2. The molecule has 3 heteroatoms. The fourth-order valence-electron chi connectivity index (χ4n) is 1.86. The summed E-state index contributed by atoms with van der Waals surface area (Å²) in [5.74, 6) is 4.90. The van der Waals surface area contributed by atoms with Crippen molar-refractivity contribution in [3.05, 3.63) is 71.8 Å². The number of benzene rings is 2. The first-order valence-corrected chi connectivity index (χ1v) is 6.81. The predicted molar refractivity (Wildman–Crippen MR) is 82.5 cm³/mol. The van der Waals surface area contributed by atoms with Crippen molar-refractivity contribution < 1.29 is 9.90 Å². The Bertz CT molecular complexity index is 627. The third-order valence-electron chi connectivity index (χ3n) is 2.91. The Kier molecular flexibility index (Phi) is 5.57. The molecule has 0 fully saturated rings. The molecule has 1 atom stereocenters. The highest BCUT2D eigenvalue weighted by molar-refractivity contribution is 5.94. The van der Waals surface area contributed by atoms with Crippen LogP contribution in [-0.4, -0.2) is 23.7 Å². The van der Waals surface area contributed by atoms with Gasteiger partial charge in [-0.1, -0.05) is 54.5 Å². The lowest BCUT2D eigenvalue weighted by atomic mass is 10.1. The summed E-state index contributed by atoms with van der Waals surface area (Å²) in [7, 11) is 0. The molecule has 2 N–H and O–H groups in total. The third kappa shape index (κ3) is 5.52. The lowest BCUT2D eigenvalue weighted by molar-refractivity contribution is -0.116. The quantitative estimate of drug-likeness (QED) is 0.838. The summed E-state index contributed by atoms with van der Waals surface area (Å²) in [6.07, 6.45) is -0.109. The summed E-state index contributed by atoms with van der Waals surface area (Å²) in [5, 5.41) is 12.5. The van der Waals surface area contributed by atoms with Gasteiger partial charge in [0.05, 0.1) is 6.10 Å². The van der Waals surface area contributed by atoms with Gasteiger partial charge in [0.25, 0.3) is 5.91 Å². The second kappa shape index (κ2) is 7.88. The predicted octanol–water partition coefficient (Wildman–Crippen LogP) is 1.76. The van der Waals surface area contributed by atoms with Crippen molar-refractivity contribution in [2.45, 2.75) is 12.5 Å². The average molecular weight is 279 g/mol. The van der Waals surface area contributed by atoms with Crippen LogP contribution in [0.4, 0.5) is 0 Å². The molecular formula is C18H17NO2. The summed E-state index contributed by atoms with van der Waals surface area (Å²) >= 11 is 0. The first-order valence-electron chi connectivity index (χ1n) is 6.81. The molecule has 0 heterocycles. The van der Waals surface area contributed by atoms with Crippen molar-refractivity contribution in [3.8, 4) is 11.8 Å². The number of hydrogen-bond donors (Lipinski definition) is 2. The van der Waals surface area contributed by atoms with Crippen LogP contribution in [0.25, 0.3) is 0 Å². The van der Waals surface area contributed by atoms with Crippen LogP contribution in [0.5, 0.6) is 0 Å². The minimum atomic E-state index is -0.616. The molecule has 0 spiro atoms. The van der Waals surface area contributed by atoms with E-state index in [-0.39, 0.29) is 12.5 Å². The van der Waals surface area contributed by atoms with Crippen LogP contribution < -0.4 is 5.32 Å². The standard InChI is InChI=1S/C18H17NO2/c20-17(13-16-9-5-2-6-10-16)14-19-18(21)12-11-15-7-3-1-4-8-15/h1-10,17,20H,13-14H2,(H,19,21). The summed E-state index contributed by atoms with van der Waals surface area (Å²) in [6, 6.07) is 19.0. The van der Waals surface area contributed by atoms with E-state index in [4.69, 9.17) is 0 Å². The zero-order valence-corrected chi connectivity index (χ0v) is 11.6. The molecule has 1 amide bonds. The van der Waals surface area contributed by atoms with Gasteiger partial charge in [-0.3, -0.25) is 4.79 Å². The van der Waals surface area contributed by atoms with Crippen LogP contribution in [0.15, 0.2) is 60.7 Å². The van der Waals surface area contributed by atoms with Crippen molar-refractivity contribution in [1.29, 1.82) is 0 Å². The van der Waals surface area contributed by atoms with Gasteiger partial charge in [0.1, 0.15) is 0 Å². The molecule has 0 radical (unpaired) electrons. The van der Waals surface area contributed by atoms with Gasteiger partial charge < -0.3 is 10.4 Å². The van der Waals surface area contributed by atoms with E-state index in [1.165, 1.54) is 0 Å². The molecule has 0 saturated heterocycles. The van der Waals surface area contributed by atoms with Gasteiger partial charge in [0.2, 0.25) is 0 Å². The molecule has 21 heavy (non-hydrogen) atoms. The summed E-state index contributed by atoms with van der Waals surface area (Å²) in [5.41, 5.74) is 1.83. The summed E-state index contributed by atoms with van der Waals surface area (Å²) in [4.78, 5) is 11.6. The zero-order valence-electron chi connectivity index (χ0n) is 11.6. The van der Waals surface area contributed by atoms with E-state index in [2.05, 4.69) is 17.2 Å².